The summed E-state index contributed by atoms with van der Waals surface area (Å²) in [6.45, 7) is 1.74. The minimum absolute atomic E-state index is 0.0455. The maximum Gasteiger partial charge on any atom is 0.259 e. The topological polar surface area (TPSA) is 71.3 Å². The maximum absolute atomic E-state index is 12.0. The van der Waals surface area contributed by atoms with Gasteiger partial charge in [-0.05, 0) is 30.7 Å². The van der Waals surface area contributed by atoms with Gasteiger partial charge in [0.15, 0.2) is 0 Å². The molecule has 1 aromatic heterocycles. The van der Waals surface area contributed by atoms with Crippen molar-refractivity contribution in [2.75, 3.05) is 12.4 Å². The zero-order valence-corrected chi connectivity index (χ0v) is 11.4. The molecule has 5 nitrogen and oxygen atoms in total. The molecule has 0 bridgehead atoms. The number of amides is 2. The van der Waals surface area contributed by atoms with Crippen molar-refractivity contribution in [1.29, 1.82) is 0 Å². The summed E-state index contributed by atoms with van der Waals surface area (Å²) in [6, 6.07) is 8.79. The minimum Gasteiger partial charge on any atom is -0.469 e. The van der Waals surface area contributed by atoms with Gasteiger partial charge in [-0.15, -0.1) is 0 Å². The third-order valence-corrected chi connectivity index (χ3v) is 2.96. The Hall–Kier alpha value is -2.56. The van der Waals surface area contributed by atoms with Gasteiger partial charge in [0.1, 0.15) is 5.76 Å². The summed E-state index contributed by atoms with van der Waals surface area (Å²) < 4.78 is 5.09. The molecule has 0 unspecified atom stereocenters. The molecular weight excluding hydrogens is 256 g/mol. The van der Waals surface area contributed by atoms with Gasteiger partial charge in [0, 0.05) is 12.7 Å². The molecule has 1 heterocycles. The van der Waals surface area contributed by atoms with E-state index >= 15 is 0 Å². The quantitative estimate of drug-likeness (QED) is 0.895. The Bertz CT molecular complexity index is 614. The van der Waals surface area contributed by atoms with Gasteiger partial charge in [0.05, 0.1) is 18.2 Å². The molecule has 104 valence electrons. The number of nitrogens with one attached hydrogen (secondary N) is 2. The molecule has 0 saturated heterocycles. The smallest absolute Gasteiger partial charge is 0.259 e. The number of hydrogen-bond acceptors (Lipinski definition) is 3. The average Bonchev–Trinajstić information content (AvgIpc) is 2.87. The molecule has 0 aliphatic rings. The molecule has 0 saturated carbocycles. The summed E-state index contributed by atoms with van der Waals surface area (Å²) in [4.78, 5) is 23.2. The van der Waals surface area contributed by atoms with Gasteiger partial charge in [-0.25, -0.2) is 0 Å². The van der Waals surface area contributed by atoms with Crippen LogP contribution in [0.4, 0.5) is 5.69 Å². The number of carbonyl (C=O) groups is 2. The Labute approximate surface area is 117 Å². The Balaban J connectivity index is 2.02. The van der Waals surface area contributed by atoms with E-state index in [4.69, 9.17) is 4.42 Å². The van der Waals surface area contributed by atoms with Crippen LogP contribution in [0.15, 0.2) is 41.0 Å². The van der Waals surface area contributed by atoms with Crippen molar-refractivity contribution in [3.8, 4) is 0 Å². The third-order valence-electron chi connectivity index (χ3n) is 2.96. The van der Waals surface area contributed by atoms with Crippen LogP contribution >= 0.6 is 0 Å². The lowest BCUT2D eigenvalue weighted by Crippen LogP contribution is -2.19. The van der Waals surface area contributed by atoms with E-state index in [1.165, 1.54) is 6.26 Å². The monoisotopic (exact) mass is 272 g/mol. The first kappa shape index (κ1) is 13.9. The number of rotatable bonds is 4. The van der Waals surface area contributed by atoms with Crippen LogP contribution in [0.3, 0.4) is 0 Å². The Morgan fingerprint density at radius 1 is 1.15 bits per heavy atom. The van der Waals surface area contributed by atoms with Crippen molar-refractivity contribution in [1.82, 2.24) is 5.32 Å². The fraction of sp³-hybridized carbons (Fsp3) is 0.200. The molecule has 0 aliphatic carbocycles. The van der Waals surface area contributed by atoms with E-state index in [-0.39, 0.29) is 11.8 Å². The molecule has 0 radical (unpaired) electrons. The van der Waals surface area contributed by atoms with Crippen LogP contribution in [0.1, 0.15) is 21.7 Å². The first-order valence-corrected chi connectivity index (χ1v) is 6.25. The normalized spacial score (nSPS) is 10.1. The van der Waals surface area contributed by atoms with Crippen LogP contribution in [0.25, 0.3) is 0 Å². The Morgan fingerprint density at radius 3 is 2.40 bits per heavy atom. The first-order valence-electron chi connectivity index (χ1n) is 6.25. The van der Waals surface area contributed by atoms with E-state index in [1.54, 1.807) is 32.2 Å². The zero-order valence-electron chi connectivity index (χ0n) is 11.4. The lowest BCUT2D eigenvalue weighted by molar-refractivity contribution is -0.119. The van der Waals surface area contributed by atoms with Gasteiger partial charge in [-0.3, -0.25) is 9.59 Å². The van der Waals surface area contributed by atoms with Crippen LogP contribution in [-0.2, 0) is 11.2 Å². The Morgan fingerprint density at radius 2 is 1.85 bits per heavy atom. The number of aryl methyl sites for hydroxylation is 1. The lowest BCUT2D eigenvalue weighted by atomic mass is 10.1. The molecule has 2 N–H and O–H groups in total. The van der Waals surface area contributed by atoms with Crippen LogP contribution in [0.2, 0.25) is 0 Å². The van der Waals surface area contributed by atoms with E-state index in [1.807, 2.05) is 12.1 Å². The van der Waals surface area contributed by atoms with Crippen LogP contribution < -0.4 is 10.6 Å². The van der Waals surface area contributed by atoms with Crippen molar-refractivity contribution >= 4 is 17.5 Å². The van der Waals surface area contributed by atoms with E-state index in [0.717, 1.165) is 5.56 Å². The number of likely N-dealkylation sites (N-methyl/N-ethyl adjacent to an activating group) is 1. The summed E-state index contributed by atoms with van der Waals surface area (Å²) in [6.07, 6.45) is 1.81. The zero-order chi connectivity index (χ0) is 14.5. The molecule has 1 aromatic carbocycles. The summed E-state index contributed by atoms with van der Waals surface area (Å²) in [5.41, 5.74) is 2.08. The van der Waals surface area contributed by atoms with Gasteiger partial charge in [0.25, 0.3) is 5.91 Å². The molecule has 2 rings (SSSR count). The van der Waals surface area contributed by atoms with Gasteiger partial charge in [0.2, 0.25) is 5.91 Å². The summed E-state index contributed by atoms with van der Waals surface area (Å²) in [7, 11) is 1.60. The fourth-order valence-electron chi connectivity index (χ4n) is 1.80. The number of anilines is 1. The first-order chi connectivity index (χ1) is 9.60. The molecule has 0 fully saturated rings. The summed E-state index contributed by atoms with van der Waals surface area (Å²) in [5.74, 6) is 0.324. The molecule has 2 amide bonds. The number of benzene rings is 1. The molecule has 0 atom stereocenters. The Kier molecular flexibility index (Phi) is 4.20. The highest BCUT2D eigenvalue weighted by atomic mass is 16.3. The van der Waals surface area contributed by atoms with Crippen molar-refractivity contribution < 1.29 is 14.0 Å². The average molecular weight is 272 g/mol. The SMILES string of the molecule is CNC(=O)Cc1ccc(NC(=O)c2ccoc2C)cc1. The van der Waals surface area contributed by atoms with Gasteiger partial charge < -0.3 is 15.1 Å². The van der Waals surface area contributed by atoms with E-state index in [0.29, 0.717) is 23.4 Å². The molecule has 0 aliphatic heterocycles. The maximum atomic E-state index is 12.0. The highest BCUT2D eigenvalue weighted by molar-refractivity contribution is 6.04. The number of carbonyl (C=O) groups excluding carboxylic acids is 2. The van der Waals surface area contributed by atoms with Gasteiger partial charge in [-0.2, -0.15) is 0 Å². The summed E-state index contributed by atoms with van der Waals surface area (Å²) >= 11 is 0. The van der Waals surface area contributed by atoms with Crippen molar-refractivity contribution in [3.05, 3.63) is 53.5 Å². The summed E-state index contributed by atoms with van der Waals surface area (Å²) in [5, 5.41) is 5.35. The van der Waals surface area contributed by atoms with E-state index in [9.17, 15) is 9.59 Å². The molecule has 20 heavy (non-hydrogen) atoms. The van der Waals surface area contributed by atoms with Crippen molar-refractivity contribution in [2.24, 2.45) is 0 Å². The second-order valence-corrected chi connectivity index (χ2v) is 4.39. The molecule has 0 spiro atoms. The van der Waals surface area contributed by atoms with Crippen LogP contribution in [0.5, 0.6) is 0 Å². The van der Waals surface area contributed by atoms with Crippen molar-refractivity contribution in [2.45, 2.75) is 13.3 Å². The predicted molar refractivity (Wildman–Crippen MR) is 75.6 cm³/mol. The standard InChI is InChI=1S/C15H16N2O3/c1-10-13(7-8-20-10)15(19)17-12-5-3-11(4-6-12)9-14(18)16-2/h3-8H,9H2,1-2H3,(H,16,18)(H,17,19). The molecule has 2 aromatic rings. The fourth-order valence-corrected chi connectivity index (χ4v) is 1.80. The molecule has 5 heteroatoms. The van der Waals surface area contributed by atoms with E-state index in [2.05, 4.69) is 10.6 Å². The largest absolute Gasteiger partial charge is 0.469 e. The van der Waals surface area contributed by atoms with Crippen molar-refractivity contribution in [3.63, 3.8) is 0 Å². The highest BCUT2D eigenvalue weighted by Crippen LogP contribution is 2.14. The lowest BCUT2D eigenvalue weighted by Gasteiger charge is -2.06. The third kappa shape index (κ3) is 3.26. The predicted octanol–water partition coefficient (Wildman–Crippen LogP) is 2.13. The second-order valence-electron chi connectivity index (χ2n) is 4.39. The number of hydrogen-bond donors (Lipinski definition) is 2. The van der Waals surface area contributed by atoms with Crippen LogP contribution in [-0.4, -0.2) is 18.9 Å². The van der Waals surface area contributed by atoms with Crippen LogP contribution in [0, 0.1) is 6.92 Å². The van der Waals surface area contributed by atoms with E-state index < -0.39 is 0 Å². The van der Waals surface area contributed by atoms with Gasteiger partial charge in [-0.1, -0.05) is 12.1 Å². The number of furan rings is 1. The second kappa shape index (κ2) is 6.06. The molecular formula is C15H16N2O3. The minimum atomic E-state index is -0.213. The van der Waals surface area contributed by atoms with Gasteiger partial charge >= 0.3 is 0 Å². The highest BCUT2D eigenvalue weighted by Gasteiger charge is 2.11.